The summed E-state index contributed by atoms with van der Waals surface area (Å²) in [6, 6.07) is 20.3. The quantitative estimate of drug-likeness (QED) is 0.476. The van der Waals surface area contributed by atoms with Gasteiger partial charge in [-0.25, -0.2) is 9.18 Å². The van der Waals surface area contributed by atoms with Gasteiger partial charge in [0.05, 0.1) is 5.56 Å². The van der Waals surface area contributed by atoms with E-state index in [0.717, 1.165) is 17.2 Å². The number of rotatable bonds is 4. The lowest BCUT2D eigenvalue weighted by atomic mass is 10.0. The first-order valence-corrected chi connectivity index (χ1v) is 7.80. The van der Waals surface area contributed by atoms with Crippen molar-refractivity contribution in [1.29, 1.82) is 0 Å². The summed E-state index contributed by atoms with van der Waals surface area (Å²) in [7, 11) is 0. The molecule has 3 aromatic rings. The number of carbonyl (C=O) groups is 1. The molecule has 0 aromatic heterocycles. The van der Waals surface area contributed by atoms with E-state index >= 15 is 0 Å². The number of carbonyl (C=O) groups excluding carboxylic acids is 1. The lowest BCUT2D eigenvalue weighted by molar-refractivity contribution is 0.0732. The van der Waals surface area contributed by atoms with E-state index in [2.05, 4.69) is 0 Å². The van der Waals surface area contributed by atoms with Gasteiger partial charge in [0.15, 0.2) is 0 Å². The van der Waals surface area contributed by atoms with Crippen LogP contribution >= 0.6 is 11.6 Å². The average molecular weight is 341 g/mol. The summed E-state index contributed by atoms with van der Waals surface area (Å²) < 4.78 is 18.7. The Morgan fingerprint density at radius 1 is 0.958 bits per heavy atom. The maximum Gasteiger partial charge on any atom is 0.343 e. The van der Waals surface area contributed by atoms with Crippen molar-refractivity contribution >= 4 is 17.6 Å². The van der Waals surface area contributed by atoms with Crippen molar-refractivity contribution in [3.8, 4) is 5.75 Å². The van der Waals surface area contributed by atoms with Crippen LogP contribution in [0.4, 0.5) is 4.39 Å². The van der Waals surface area contributed by atoms with E-state index in [0.29, 0.717) is 17.2 Å². The third kappa shape index (κ3) is 4.00. The highest BCUT2D eigenvalue weighted by molar-refractivity contribution is 6.30. The van der Waals surface area contributed by atoms with Crippen molar-refractivity contribution < 1.29 is 13.9 Å². The molecule has 120 valence electrons. The summed E-state index contributed by atoms with van der Waals surface area (Å²) in [5, 5.41) is 0.562. The second kappa shape index (κ2) is 7.28. The van der Waals surface area contributed by atoms with Gasteiger partial charge in [0.1, 0.15) is 11.6 Å². The molecule has 0 atom stereocenters. The number of hydrogen-bond donors (Lipinski definition) is 0. The Bertz CT molecular complexity index is 863. The molecular weight excluding hydrogens is 327 g/mol. The van der Waals surface area contributed by atoms with E-state index in [9.17, 15) is 9.18 Å². The summed E-state index contributed by atoms with van der Waals surface area (Å²) in [6.45, 7) is 0. The predicted molar refractivity (Wildman–Crippen MR) is 92.1 cm³/mol. The zero-order valence-electron chi connectivity index (χ0n) is 12.7. The Hall–Kier alpha value is -2.65. The van der Waals surface area contributed by atoms with Crippen LogP contribution < -0.4 is 4.74 Å². The van der Waals surface area contributed by atoms with Crippen LogP contribution in [0.25, 0.3) is 0 Å². The molecule has 0 amide bonds. The average Bonchev–Trinajstić information content (AvgIpc) is 2.58. The van der Waals surface area contributed by atoms with Gasteiger partial charge in [0.2, 0.25) is 0 Å². The molecule has 3 rings (SSSR count). The fraction of sp³-hybridized carbons (Fsp3) is 0.0500. The molecule has 24 heavy (non-hydrogen) atoms. The van der Waals surface area contributed by atoms with Gasteiger partial charge in [-0.15, -0.1) is 0 Å². The second-order valence-electron chi connectivity index (χ2n) is 5.31. The monoisotopic (exact) mass is 340 g/mol. The zero-order valence-corrected chi connectivity index (χ0v) is 13.5. The highest BCUT2D eigenvalue weighted by Crippen LogP contribution is 2.26. The van der Waals surface area contributed by atoms with Crippen molar-refractivity contribution in [2.75, 3.05) is 0 Å². The molecule has 2 nitrogen and oxygen atoms in total. The maximum atomic E-state index is 13.3. The maximum absolute atomic E-state index is 13.3. The Kier molecular flexibility index (Phi) is 4.92. The minimum Gasteiger partial charge on any atom is -0.423 e. The van der Waals surface area contributed by atoms with Crippen LogP contribution in [-0.2, 0) is 6.42 Å². The van der Waals surface area contributed by atoms with E-state index in [-0.39, 0.29) is 5.56 Å². The van der Waals surface area contributed by atoms with Crippen molar-refractivity contribution in [3.63, 3.8) is 0 Å². The topological polar surface area (TPSA) is 26.3 Å². The smallest absolute Gasteiger partial charge is 0.343 e. The van der Waals surface area contributed by atoms with Crippen molar-refractivity contribution in [1.82, 2.24) is 0 Å². The van der Waals surface area contributed by atoms with Gasteiger partial charge in [-0.2, -0.15) is 0 Å². The molecule has 0 aliphatic rings. The lowest BCUT2D eigenvalue weighted by Crippen LogP contribution is -2.10. The highest BCUT2D eigenvalue weighted by Gasteiger charge is 2.13. The first kappa shape index (κ1) is 16.2. The summed E-state index contributed by atoms with van der Waals surface area (Å²) in [6.07, 6.45) is 0.577. The molecule has 0 spiro atoms. The van der Waals surface area contributed by atoms with Crippen LogP contribution in [-0.4, -0.2) is 5.97 Å². The zero-order chi connectivity index (χ0) is 16.9. The molecule has 0 heterocycles. The fourth-order valence-electron chi connectivity index (χ4n) is 2.38. The molecule has 0 aliphatic carbocycles. The van der Waals surface area contributed by atoms with Gasteiger partial charge in [-0.1, -0.05) is 48.0 Å². The molecule has 0 fully saturated rings. The fourth-order valence-corrected chi connectivity index (χ4v) is 2.57. The van der Waals surface area contributed by atoms with Gasteiger partial charge in [0, 0.05) is 17.0 Å². The molecule has 0 unspecified atom stereocenters. The van der Waals surface area contributed by atoms with E-state index in [1.165, 1.54) is 18.2 Å². The molecule has 0 aliphatic heterocycles. The first-order chi connectivity index (χ1) is 11.6. The van der Waals surface area contributed by atoms with Crippen molar-refractivity contribution in [2.24, 2.45) is 0 Å². The Balaban J connectivity index is 1.86. The summed E-state index contributed by atoms with van der Waals surface area (Å²) in [5.41, 5.74) is 2.02. The molecule has 0 saturated heterocycles. The van der Waals surface area contributed by atoms with Gasteiger partial charge < -0.3 is 4.74 Å². The SMILES string of the molecule is O=C(Oc1ccc(Cl)cc1Cc1ccccc1)c1cccc(F)c1. The minimum absolute atomic E-state index is 0.163. The van der Waals surface area contributed by atoms with Gasteiger partial charge in [0.25, 0.3) is 0 Å². The lowest BCUT2D eigenvalue weighted by Gasteiger charge is -2.11. The largest absolute Gasteiger partial charge is 0.423 e. The molecule has 0 radical (unpaired) electrons. The van der Waals surface area contributed by atoms with Gasteiger partial charge in [-0.05, 0) is 42.0 Å². The molecule has 0 bridgehead atoms. The molecule has 0 saturated carbocycles. The second-order valence-corrected chi connectivity index (χ2v) is 5.75. The number of halogens is 2. The summed E-state index contributed by atoms with van der Waals surface area (Å²) >= 11 is 6.07. The molecular formula is C20H14ClFO2. The summed E-state index contributed by atoms with van der Waals surface area (Å²) in [4.78, 5) is 12.2. The standard InChI is InChI=1S/C20H14ClFO2/c21-17-9-10-19(16(12-17)11-14-5-2-1-3-6-14)24-20(23)15-7-4-8-18(22)13-15/h1-10,12-13H,11H2. The van der Waals surface area contributed by atoms with Crippen LogP contribution in [0.15, 0.2) is 72.8 Å². The highest BCUT2D eigenvalue weighted by atomic mass is 35.5. The van der Waals surface area contributed by atoms with Crippen LogP contribution in [0.1, 0.15) is 21.5 Å². The number of esters is 1. The number of ether oxygens (including phenoxy) is 1. The molecule has 3 aromatic carbocycles. The number of benzene rings is 3. The van der Waals surface area contributed by atoms with E-state index in [4.69, 9.17) is 16.3 Å². The van der Waals surface area contributed by atoms with Crippen LogP contribution in [0.5, 0.6) is 5.75 Å². The third-order valence-electron chi connectivity index (χ3n) is 3.52. The normalized spacial score (nSPS) is 10.4. The first-order valence-electron chi connectivity index (χ1n) is 7.42. The van der Waals surface area contributed by atoms with Crippen molar-refractivity contribution in [3.05, 3.63) is 100 Å². The van der Waals surface area contributed by atoms with E-state index in [1.807, 2.05) is 30.3 Å². The van der Waals surface area contributed by atoms with E-state index < -0.39 is 11.8 Å². The van der Waals surface area contributed by atoms with E-state index in [1.54, 1.807) is 18.2 Å². The van der Waals surface area contributed by atoms with Crippen LogP contribution in [0.2, 0.25) is 5.02 Å². The summed E-state index contributed by atoms with van der Waals surface area (Å²) in [5.74, 6) is -0.672. The number of hydrogen-bond acceptors (Lipinski definition) is 2. The molecule has 0 N–H and O–H groups in total. The Labute approximate surface area is 144 Å². The van der Waals surface area contributed by atoms with Crippen LogP contribution in [0, 0.1) is 5.82 Å². The third-order valence-corrected chi connectivity index (χ3v) is 3.76. The minimum atomic E-state index is -0.605. The van der Waals surface area contributed by atoms with Gasteiger partial charge >= 0.3 is 5.97 Å². The van der Waals surface area contributed by atoms with Gasteiger partial charge in [-0.3, -0.25) is 0 Å². The van der Waals surface area contributed by atoms with Crippen LogP contribution in [0.3, 0.4) is 0 Å². The molecule has 4 heteroatoms. The Morgan fingerprint density at radius 3 is 2.50 bits per heavy atom. The predicted octanol–water partition coefficient (Wildman–Crippen LogP) is 5.29. The Morgan fingerprint density at radius 2 is 1.75 bits per heavy atom. The van der Waals surface area contributed by atoms with Crippen molar-refractivity contribution in [2.45, 2.75) is 6.42 Å².